The van der Waals surface area contributed by atoms with Crippen molar-refractivity contribution in [2.45, 2.75) is 40.2 Å². The lowest BCUT2D eigenvalue weighted by Crippen LogP contribution is -2.39. The van der Waals surface area contributed by atoms with Gasteiger partial charge in [0, 0.05) is 25.5 Å². The smallest absolute Gasteiger partial charge is 0.278 e. The number of aromatic nitrogens is 1. The van der Waals surface area contributed by atoms with Crippen molar-refractivity contribution in [3.8, 4) is 0 Å². The van der Waals surface area contributed by atoms with Crippen molar-refractivity contribution < 1.29 is 9.59 Å². The van der Waals surface area contributed by atoms with Gasteiger partial charge < -0.3 is 4.90 Å². The molecule has 3 heterocycles. The molecule has 1 aromatic carbocycles. The van der Waals surface area contributed by atoms with Crippen molar-refractivity contribution >= 4 is 17.4 Å². The Bertz CT molecular complexity index is 981. The van der Waals surface area contributed by atoms with Crippen LogP contribution < -0.4 is 0 Å². The predicted molar refractivity (Wildman–Crippen MR) is 113 cm³/mol. The summed E-state index contributed by atoms with van der Waals surface area (Å²) >= 11 is 0. The van der Waals surface area contributed by atoms with E-state index in [9.17, 15) is 9.59 Å². The average Bonchev–Trinajstić information content (AvgIpc) is 2.95. The second-order valence-corrected chi connectivity index (χ2v) is 8.27. The lowest BCUT2D eigenvalue weighted by molar-refractivity contribution is -0.138. The van der Waals surface area contributed by atoms with Gasteiger partial charge in [-0.15, -0.1) is 0 Å². The molecule has 1 saturated heterocycles. The summed E-state index contributed by atoms with van der Waals surface area (Å²) in [6, 6.07) is 9.71. The van der Waals surface area contributed by atoms with Gasteiger partial charge in [-0.1, -0.05) is 25.1 Å². The first kappa shape index (κ1) is 19.4. The van der Waals surface area contributed by atoms with Crippen molar-refractivity contribution in [3.05, 3.63) is 70.7 Å². The van der Waals surface area contributed by atoms with E-state index in [0.29, 0.717) is 17.2 Å². The van der Waals surface area contributed by atoms with Gasteiger partial charge in [0.2, 0.25) is 0 Å². The standard InChI is InChI=1S/C24H27N3O2/c1-16-5-4-12-26(14-16)22-21(20-7-6-17(2)18(3)13-20)23(28)27(24(22)29)15-19-8-10-25-11-9-19/h6-11,13,16H,4-5,12,14-15H2,1-3H3. The number of amides is 2. The summed E-state index contributed by atoms with van der Waals surface area (Å²) in [7, 11) is 0. The molecule has 2 amide bonds. The summed E-state index contributed by atoms with van der Waals surface area (Å²) in [4.78, 5) is 34.5. The maximum Gasteiger partial charge on any atom is 0.278 e. The van der Waals surface area contributed by atoms with E-state index < -0.39 is 0 Å². The molecule has 2 aliphatic rings. The highest BCUT2D eigenvalue weighted by molar-refractivity contribution is 6.35. The molecule has 150 valence electrons. The highest BCUT2D eigenvalue weighted by Crippen LogP contribution is 2.35. The van der Waals surface area contributed by atoms with Crippen molar-refractivity contribution in [1.82, 2.24) is 14.8 Å². The third kappa shape index (κ3) is 3.69. The molecule has 0 aliphatic carbocycles. The molecule has 5 heteroatoms. The number of benzene rings is 1. The molecule has 4 rings (SSSR count). The van der Waals surface area contributed by atoms with E-state index in [2.05, 4.69) is 23.7 Å². The van der Waals surface area contributed by atoms with E-state index >= 15 is 0 Å². The fourth-order valence-corrected chi connectivity index (χ4v) is 4.22. The Balaban J connectivity index is 1.77. The SMILES string of the molecule is Cc1ccc(C2=C(N3CCCC(C)C3)C(=O)N(Cc3ccncc3)C2=O)cc1C. The number of nitrogens with zero attached hydrogens (tertiary/aromatic N) is 3. The predicted octanol–water partition coefficient (Wildman–Crippen LogP) is 3.71. The van der Waals surface area contributed by atoms with Gasteiger partial charge in [-0.25, -0.2) is 0 Å². The normalized spacial score (nSPS) is 20.0. The second-order valence-electron chi connectivity index (χ2n) is 8.27. The van der Waals surface area contributed by atoms with E-state index in [1.54, 1.807) is 12.4 Å². The summed E-state index contributed by atoms with van der Waals surface area (Å²) in [6.45, 7) is 8.19. The van der Waals surface area contributed by atoms with Gasteiger partial charge in [0.05, 0.1) is 12.1 Å². The first-order valence-electron chi connectivity index (χ1n) is 10.3. The largest absolute Gasteiger partial charge is 0.366 e. The topological polar surface area (TPSA) is 53.5 Å². The van der Waals surface area contributed by atoms with Crippen LogP contribution in [0.1, 0.15) is 42.0 Å². The summed E-state index contributed by atoms with van der Waals surface area (Å²) < 4.78 is 0. The molecule has 5 nitrogen and oxygen atoms in total. The number of carbonyl (C=O) groups is 2. The Kier molecular flexibility index (Phi) is 5.22. The molecule has 1 unspecified atom stereocenters. The van der Waals surface area contributed by atoms with Crippen molar-refractivity contribution in [2.24, 2.45) is 5.92 Å². The number of hydrogen-bond donors (Lipinski definition) is 0. The molecule has 0 saturated carbocycles. The molecule has 0 bridgehead atoms. The van der Waals surface area contributed by atoms with Crippen LogP contribution in [0.4, 0.5) is 0 Å². The van der Waals surface area contributed by atoms with Gasteiger partial charge in [-0.2, -0.15) is 0 Å². The first-order valence-corrected chi connectivity index (χ1v) is 10.3. The Morgan fingerprint density at radius 3 is 2.48 bits per heavy atom. The zero-order chi connectivity index (χ0) is 20.5. The van der Waals surface area contributed by atoms with Crippen LogP contribution in [-0.4, -0.2) is 39.7 Å². The zero-order valence-electron chi connectivity index (χ0n) is 17.3. The van der Waals surface area contributed by atoms with Crippen molar-refractivity contribution in [2.75, 3.05) is 13.1 Å². The van der Waals surface area contributed by atoms with Crippen LogP contribution in [-0.2, 0) is 16.1 Å². The lowest BCUT2D eigenvalue weighted by atomic mass is 9.96. The zero-order valence-corrected chi connectivity index (χ0v) is 17.3. The molecule has 2 aromatic rings. The first-order chi connectivity index (χ1) is 14.0. The Hall–Kier alpha value is -2.95. The summed E-state index contributed by atoms with van der Waals surface area (Å²) in [6.07, 6.45) is 5.57. The van der Waals surface area contributed by atoms with Crippen LogP contribution in [0.2, 0.25) is 0 Å². The molecule has 1 atom stereocenters. The van der Waals surface area contributed by atoms with E-state index in [-0.39, 0.29) is 18.4 Å². The third-order valence-corrected chi connectivity index (χ3v) is 6.00. The highest BCUT2D eigenvalue weighted by Gasteiger charge is 2.42. The number of hydrogen-bond acceptors (Lipinski definition) is 4. The number of piperidine rings is 1. The number of likely N-dealkylation sites (tertiary alicyclic amines) is 1. The number of pyridine rings is 1. The number of rotatable bonds is 4. The van der Waals surface area contributed by atoms with Crippen molar-refractivity contribution in [3.63, 3.8) is 0 Å². The van der Waals surface area contributed by atoms with E-state index in [1.165, 1.54) is 10.5 Å². The molecule has 0 N–H and O–H groups in total. The van der Waals surface area contributed by atoms with E-state index in [0.717, 1.165) is 42.6 Å². The van der Waals surface area contributed by atoms with Crippen LogP contribution in [0, 0.1) is 19.8 Å². The Morgan fingerprint density at radius 2 is 1.79 bits per heavy atom. The molecular weight excluding hydrogens is 362 g/mol. The molecule has 1 aromatic heterocycles. The third-order valence-electron chi connectivity index (χ3n) is 6.00. The highest BCUT2D eigenvalue weighted by atomic mass is 16.2. The van der Waals surface area contributed by atoms with Gasteiger partial charge in [-0.3, -0.25) is 19.5 Å². The quantitative estimate of drug-likeness (QED) is 0.748. The molecular formula is C24H27N3O2. The minimum Gasteiger partial charge on any atom is -0.366 e. The number of aryl methyl sites for hydroxylation is 2. The Labute approximate surface area is 172 Å². The number of imide groups is 1. The molecule has 0 radical (unpaired) electrons. The number of carbonyl (C=O) groups excluding carboxylic acids is 2. The molecule has 2 aliphatic heterocycles. The fourth-order valence-electron chi connectivity index (χ4n) is 4.22. The minimum atomic E-state index is -0.205. The fraction of sp³-hybridized carbons (Fsp3) is 0.375. The average molecular weight is 389 g/mol. The van der Waals surface area contributed by atoms with Gasteiger partial charge in [0.1, 0.15) is 5.70 Å². The molecule has 1 fully saturated rings. The van der Waals surface area contributed by atoms with Crippen LogP contribution in [0.15, 0.2) is 48.4 Å². The van der Waals surface area contributed by atoms with Crippen molar-refractivity contribution in [1.29, 1.82) is 0 Å². The Morgan fingerprint density at radius 1 is 1.03 bits per heavy atom. The van der Waals surface area contributed by atoms with E-state index in [1.807, 2.05) is 37.3 Å². The maximum absolute atomic E-state index is 13.5. The molecule has 29 heavy (non-hydrogen) atoms. The lowest BCUT2D eigenvalue weighted by Gasteiger charge is -2.33. The summed E-state index contributed by atoms with van der Waals surface area (Å²) in [5.74, 6) is 0.117. The van der Waals surface area contributed by atoms with Gasteiger partial charge in [0.25, 0.3) is 11.8 Å². The summed E-state index contributed by atoms with van der Waals surface area (Å²) in [5, 5.41) is 0. The van der Waals surface area contributed by atoms with Gasteiger partial charge in [-0.05, 0) is 67.0 Å². The van der Waals surface area contributed by atoms with Crippen LogP contribution >= 0.6 is 0 Å². The van der Waals surface area contributed by atoms with Crippen LogP contribution in [0.5, 0.6) is 0 Å². The van der Waals surface area contributed by atoms with E-state index in [4.69, 9.17) is 0 Å². The maximum atomic E-state index is 13.5. The molecule has 0 spiro atoms. The van der Waals surface area contributed by atoms with Crippen LogP contribution in [0.25, 0.3) is 5.57 Å². The van der Waals surface area contributed by atoms with Gasteiger partial charge >= 0.3 is 0 Å². The monoisotopic (exact) mass is 389 g/mol. The van der Waals surface area contributed by atoms with Crippen LogP contribution in [0.3, 0.4) is 0 Å². The second kappa shape index (κ2) is 7.82. The summed E-state index contributed by atoms with van der Waals surface area (Å²) in [5.41, 5.74) is 5.13. The van der Waals surface area contributed by atoms with Gasteiger partial charge in [0.15, 0.2) is 0 Å². The minimum absolute atomic E-state index is 0.186.